The highest BCUT2D eigenvalue weighted by Gasteiger charge is 2.23. The topological polar surface area (TPSA) is 53.4 Å². The minimum Gasteiger partial charge on any atom is -0.339 e. The predicted molar refractivity (Wildman–Crippen MR) is 105 cm³/mol. The van der Waals surface area contributed by atoms with Crippen molar-refractivity contribution in [1.82, 2.24) is 14.5 Å². The molecule has 1 aliphatic heterocycles. The van der Waals surface area contributed by atoms with Gasteiger partial charge < -0.3 is 19.7 Å². The summed E-state index contributed by atoms with van der Waals surface area (Å²) in [6, 6.07) is 8.27. The van der Waals surface area contributed by atoms with E-state index in [9.17, 15) is 4.79 Å². The fraction of sp³-hybridized carbons (Fsp3) is 0.444. The van der Waals surface area contributed by atoms with E-state index < -0.39 is 8.07 Å². The Balaban J connectivity index is 1.55. The number of carbonyl (C=O) groups is 1. The summed E-state index contributed by atoms with van der Waals surface area (Å²) in [6.07, 6.45) is 3.75. The van der Waals surface area contributed by atoms with Crippen LogP contribution in [0.15, 0.2) is 36.7 Å². The molecule has 1 saturated heterocycles. The normalized spacial score (nSPS) is 15.4. The van der Waals surface area contributed by atoms with Crippen LogP contribution in [0.5, 0.6) is 0 Å². The number of amides is 2. The molecule has 1 aromatic heterocycles. The maximum Gasteiger partial charge on any atom is 0.321 e. The summed E-state index contributed by atoms with van der Waals surface area (Å²) in [5.74, 6) is 0.960. The zero-order valence-electron chi connectivity index (χ0n) is 15.5. The van der Waals surface area contributed by atoms with Crippen molar-refractivity contribution in [2.24, 2.45) is 7.05 Å². The Morgan fingerprint density at radius 3 is 2.24 bits per heavy atom. The molecule has 2 aromatic rings. The molecule has 0 saturated carbocycles. The Bertz CT molecular complexity index is 727. The Hall–Kier alpha value is -2.28. The van der Waals surface area contributed by atoms with Crippen LogP contribution in [-0.4, -0.2) is 54.7 Å². The van der Waals surface area contributed by atoms with E-state index in [-0.39, 0.29) is 6.03 Å². The zero-order chi connectivity index (χ0) is 18.0. The van der Waals surface area contributed by atoms with Crippen molar-refractivity contribution in [3.63, 3.8) is 0 Å². The van der Waals surface area contributed by atoms with Crippen LogP contribution in [0.25, 0.3) is 0 Å². The van der Waals surface area contributed by atoms with E-state index in [0.29, 0.717) is 13.1 Å². The summed E-state index contributed by atoms with van der Waals surface area (Å²) >= 11 is 0. The summed E-state index contributed by atoms with van der Waals surface area (Å²) in [7, 11) is 0.688. The molecule has 1 N–H and O–H groups in total. The maximum atomic E-state index is 12.5. The number of urea groups is 1. The average molecular weight is 358 g/mol. The molecule has 6 nitrogen and oxygen atoms in total. The van der Waals surface area contributed by atoms with E-state index in [1.54, 1.807) is 6.20 Å². The second kappa shape index (κ2) is 6.91. The molecule has 2 amide bonds. The van der Waals surface area contributed by atoms with Gasteiger partial charge in [-0.25, -0.2) is 9.78 Å². The molecule has 0 bridgehead atoms. The average Bonchev–Trinajstić information content (AvgIpc) is 3.01. The molecule has 1 aromatic carbocycles. The molecule has 2 heterocycles. The molecule has 0 radical (unpaired) electrons. The molecule has 0 spiro atoms. The van der Waals surface area contributed by atoms with Gasteiger partial charge in [-0.3, -0.25) is 0 Å². The fourth-order valence-electron chi connectivity index (χ4n) is 3.03. The Kier molecular flexibility index (Phi) is 4.85. The molecule has 0 aliphatic carbocycles. The summed E-state index contributed by atoms with van der Waals surface area (Å²) in [5.41, 5.74) is 0.860. The van der Waals surface area contributed by atoms with Gasteiger partial charge in [0.25, 0.3) is 0 Å². The van der Waals surface area contributed by atoms with E-state index in [4.69, 9.17) is 0 Å². The number of anilines is 2. The standard InChI is InChI=1S/C18H27N5OSi/c1-21-10-9-19-17(21)22-11-13-23(14-12-22)18(24)20-15-5-7-16(8-6-15)25(2,3)4/h5-10H,11-14H2,1-4H3,(H,20,24). The lowest BCUT2D eigenvalue weighted by Crippen LogP contribution is -2.50. The number of nitrogens with one attached hydrogen (secondary N) is 1. The number of hydrogen-bond donors (Lipinski definition) is 1. The van der Waals surface area contributed by atoms with E-state index in [0.717, 1.165) is 24.7 Å². The first kappa shape index (κ1) is 17.5. The van der Waals surface area contributed by atoms with E-state index in [1.165, 1.54) is 5.19 Å². The number of rotatable bonds is 3. The highest BCUT2D eigenvalue weighted by atomic mass is 28.3. The number of aromatic nitrogens is 2. The van der Waals surface area contributed by atoms with Crippen LogP contribution in [0, 0.1) is 0 Å². The third-order valence-electron chi connectivity index (χ3n) is 4.65. The van der Waals surface area contributed by atoms with Crippen molar-refractivity contribution < 1.29 is 4.79 Å². The molecular formula is C18H27N5OSi. The van der Waals surface area contributed by atoms with Crippen molar-refractivity contribution >= 4 is 30.9 Å². The number of aryl methyl sites for hydroxylation is 1. The van der Waals surface area contributed by atoms with Crippen LogP contribution in [-0.2, 0) is 7.05 Å². The van der Waals surface area contributed by atoms with Gasteiger partial charge in [0.2, 0.25) is 5.95 Å². The number of imidazole rings is 1. The molecule has 0 unspecified atom stereocenters. The van der Waals surface area contributed by atoms with E-state index in [1.807, 2.05) is 34.8 Å². The first-order valence-corrected chi connectivity index (χ1v) is 12.2. The first-order chi connectivity index (χ1) is 11.8. The van der Waals surface area contributed by atoms with Crippen molar-refractivity contribution in [2.45, 2.75) is 19.6 Å². The quantitative estimate of drug-likeness (QED) is 0.858. The molecule has 3 rings (SSSR count). The fourth-order valence-corrected chi connectivity index (χ4v) is 4.19. The Morgan fingerprint density at radius 2 is 1.72 bits per heavy atom. The van der Waals surface area contributed by atoms with Crippen molar-refractivity contribution in [2.75, 3.05) is 36.4 Å². The van der Waals surface area contributed by atoms with Gasteiger partial charge in [-0.1, -0.05) is 37.0 Å². The third kappa shape index (κ3) is 4.04. The van der Waals surface area contributed by atoms with Crippen molar-refractivity contribution in [1.29, 1.82) is 0 Å². The van der Waals surface area contributed by atoms with Crippen LogP contribution in [0.3, 0.4) is 0 Å². The van der Waals surface area contributed by atoms with Gasteiger partial charge in [-0.2, -0.15) is 0 Å². The number of carbonyl (C=O) groups excluding carboxylic acids is 1. The summed E-state index contributed by atoms with van der Waals surface area (Å²) in [4.78, 5) is 21.0. The highest BCUT2D eigenvalue weighted by molar-refractivity contribution is 6.88. The minimum atomic E-state index is -1.30. The largest absolute Gasteiger partial charge is 0.339 e. The monoisotopic (exact) mass is 357 g/mol. The molecular weight excluding hydrogens is 330 g/mol. The van der Waals surface area contributed by atoms with E-state index in [2.05, 4.69) is 47.0 Å². The second-order valence-electron chi connectivity index (χ2n) is 7.57. The van der Waals surface area contributed by atoms with Gasteiger partial charge in [-0.05, 0) is 12.1 Å². The number of hydrogen-bond acceptors (Lipinski definition) is 3. The molecule has 134 valence electrons. The Morgan fingerprint density at radius 1 is 1.08 bits per heavy atom. The van der Waals surface area contributed by atoms with Gasteiger partial charge in [0, 0.05) is 51.3 Å². The summed E-state index contributed by atoms with van der Waals surface area (Å²) < 4.78 is 2.01. The van der Waals surface area contributed by atoms with Crippen LogP contribution < -0.4 is 15.4 Å². The van der Waals surface area contributed by atoms with Crippen molar-refractivity contribution in [3.8, 4) is 0 Å². The molecule has 25 heavy (non-hydrogen) atoms. The molecule has 0 atom stereocenters. The lowest BCUT2D eigenvalue weighted by molar-refractivity contribution is 0.208. The van der Waals surface area contributed by atoms with Gasteiger partial charge in [0.1, 0.15) is 0 Å². The van der Waals surface area contributed by atoms with Crippen LogP contribution >= 0.6 is 0 Å². The minimum absolute atomic E-state index is 0.0276. The first-order valence-electron chi connectivity index (χ1n) is 8.73. The number of piperazine rings is 1. The maximum absolute atomic E-state index is 12.5. The van der Waals surface area contributed by atoms with Crippen LogP contribution in [0.4, 0.5) is 16.4 Å². The molecule has 1 fully saturated rings. The lowest BCUT2D eigenvalue weighted by atomic mass is 10.3. The van der Waals surface area contributed by atoms with E-state index >= 15 is 0 Å². The zero-order valence-corrected chi connectivity index (χ0v) is 16.5. The molecule has 7 heteroatoms. The highest BCUT2D eigenvalue weighted by Crippen LogP contribution is 2.14. The van der Waals surface area contributed by atoms with Gasteiger partial charge >= 0.3 is 6.03 Å². The van der Waals surface area contributed by atoms with Gasteiger partial charge in [0.15, 0.2) is 0 Å². The lowest BCUT2D eigenvalue weighted by Gasteiger charge is -2.35. The summed E-state index contributed by atoms with van der Waals surface area (Å²) in [6.45, 7) is 9.96. The smallest absolute Gasteiger partial charge is 0.321 e. The molecule has 1 aliphatic rings. The van der Waals surface area contributed by atoms with Crippen molar-refractivity contribution in [3.05, 3.63) is 36.7 Å². The number of nitrogens with zero attached hydrogens (tertiary/aromatic N) is 4. The van der Waals surface area contributed by atoms with Crippen LogP contribution in [0.2, 0.25) is 19.6 Å². The van der Waals surface area contributed by atoms with Gasteiger partial charge in [-0.15, -0.1) is 0 Å². The second-order valence-corrected chi connectivity index (χ2v) is 12.6. The van der Waals surface area contributed by atoms with Crippen LogP contribution in [0.1, 0.15) is 0 Å². The third-order valence-corrected chi connectivity index (χ3v) is 6.71. The number of benzene rings is 1. The Labute approximate surface area is 150 Å². The van der Waals surface area contributed by atoms with Gasteiger partial charge in [0.05, 0.1) is 8.07 Å². The predicted octanol–water partition coefficient (Wildman–Crippen LogP) is 2.32. The SMILES string of the molecule is Cn1ccnc1N1CCN(C(=O)Nc2ccc([Si](C)(C)C)cc2)CC1. The summed E-state index contributed by atoms with van der Waals surface area (Å²) in [5, 5.41) is 4.41.